The highest BCUT2D eigenvalue weighted by Gasteiger charge is 2.17. The van der Waals surface area contributed by atoms with Crippen molar-refractivity contribution in [2.45, 2.75) is 38.0 Å². The number of nitrogens with two attached hydrogens (primary N) is 2. The molecule has 0 saturated carbocycles. The fourth-order valence-corrected chi connectivity index (χ4v) is 2.21. The normalized spacial score (nSPS) is 13.5. The molecule has 7 heteroatoms. The van der Waals surface area contributed by atoms with E-state index in [4.69, 9.17) is 21.3 Å². The molecule has 2 atom stereocenters. The minimum Gasteiger partial charge on any atom is -0.480 e. The maximum Gasteiger partial charge on any atom is 0.323 e. The Bertz CT molecular complexity index is 496. The summed E-state index contributed by atoms with van der Waals surface area (Å²) in [7, 11) is 0. The number of aliphatic carboxylic acids is 1. The average Bonchev–Trinajstić information content (AvgIpc) is 2.45. The first kappa shape index (κ1) is 17.9. The lowest BCUT2D eigenvalue weighted by molar-refractivity contribution is -0.146. The lowest BCUT2D eigenvalue weighted by atomic mass is 10.1. The molecule has 0 aliphatic rings. The Morgan fingerprint density at radius 3 is 2.43 bits per heavy atom. The first-order chi connectivity index (χ1) is 9.91. The summed E-state index contributed by atoms with van der Waals surface area (Å²) in [6.07, 6.45) is 1.10. The molecule has 5 N–H and O–H groups in total. The summed E-state index contributed by atoms with van der Waals surface area (Å²) in [6.45, 7) is 0.181. The van der Waals surface area contributed by atoms with Crippen molar-refractivity contribution in [3.63, 3.8) is 0 Å². The van der Waals surface area contributed by atoms with Gasteiger partial charge in [0.1, 0.15) is 18.7 Å². The van der Waals surface area contributed by atoms with Crippen LogP contribution in [0.4, 0.5) is 0 Å². The molecule has 116 valence electrons. The zero-order valence-corrected chi connectivity index (χ0v) is 13.7. The van der Waals surface area contributed by atoms with Crippen molar-refractivity contribution in [2.24, 2.45) is 11.5 Å². The SMILES string of the molecule is NC(CCC[C@H](N)C(=O)O)C(=O)OCc1ccccc1I. The average molecular weight is 406 g/mol. The van der Waals surface area contributed by atoms with E-state index in [-0.39, 0.29) is 13.0 Å². The predicted octanol–water partition coefficient (Wildman–Crippen LogP) is 1.24. The van der Waals surface area contributed by atoms with Crippen LogP contribution in [0.1, 0.15) is 24.8 Å². The molecule has 0 aromatic heterocycles. The van der Waals surface area contributed by atoms with E-state index in [1.807, 2.05) is 24.3 Å². The van der Waals surface area contributed by atoms with E-state index in [0.29, 0.717) is 12.8 Å². The number of esters is 1. The van der Waals surface area contributed by atoms with Crippen molar-refractivity contribution < 1.29 is 19.4 Å². The van der Waals surface area contributed by atoms with Gasteiger partial charge in [0.2, 0.25) is 0 Å². The summed E-state index contributed by atoms with van der Waals surface area (Å²) in [5.41, 5.74) is 12.0. The van der Waals surface area contributed by atoms with Gasteiger partial charge in [-0.2, -0.15) is 0 Å². The van der Waals surface area contributed by atoms with Crippen LogP contribution < -0.4 is 11.5 Å². The van der Waals surface area contributed by atoms with Crippen molar-refractivity contribution in [1.29, 1.82) is 0 Å². The Morgan fingerprint density at radius 1 is 1.19 bits per heavy atom. The van der Waals surface area contributed by atoms with Crippen molar-refractivity contribution in [3.8, 4) is 0 Å². The molecule has 21 heavy (non-hydrogen) atoms. The Hall–Kier alpha value is -1.19. The molecule has 1 rings (SSSR count). The summed E-state index contributed by atoms with van der Waals surface area (Å²) in [5, 5.41) is 8.64. The minimum atomic E-state index is -1.05. The number of carbonyl (C=O) groups excluding carboxylic acids is 1. The van der Waals surface area contributed by atoms with E-state index >= 15 is 0 Å². The fourth-order valence-electron chi connectivity index (χ4n) is 1.67. The number of hydrogen-bond acceptors (Lipinski definition) is 5. The van der Waals surface area contributed by atoms with Crippen LogP contribution in [-0.4, -0.2) is 29.1 Å². The quantitative estimate of drug-likeness (QED) is 0.442. The summed E-state index contributed by atoms with van der Waals surface area (Å²) in [6, 6.07) is 5.92. The third kappa shape index (κ3) is 6.40. The number of benzene rings is 1. The maximum atomic E-state index is 11.7. The zero-order chi connectivity index (χ0) is 15.8. The summed E-state index contributed by atoms with van der Waals surface area (Å²) >= 11 is 2.17. The molecule has 0 bridgehead atoms. The van der Waals surface area contributed by atoms with E-state index in [0.717, 1.165) is 9.13 Å². The molecule has 0 saturated heterocycles. The van der Waals surface area contributed by atoms with Crippen LogP contribution in [0.25, 0.3) is 0 Å². The van der Waals surface area contributed by atoms with Crippen molar-refractivity contribution in [1.82, 2.24) is 0 Å². The van der Waals surface area contributed by atoms with Crippen LogP contribution in [0.2, 0.25) is 0 Å². The molecule has 1 aromatic rings. The Kier molecular flexibility index (Phi) is 7.62. The van der Waals surface area contributed by atoms with E-state index in [1.54, 1.807) is 0 Å². The molecule has 0 heterocycles. The van der Waals surface area contributed by atoms with Gasteiger partial charge in [0, 0.05) is 9.13 Å². The van der Waals surface area contributed by atoms with Gasteiger partial charge >= 0.3 is 11.9 Å². The number of carboxylic acids is 1. The molecule has 0 fully saturated rings. The van der Waals surface area contributed by atoms with Crippen LogP contribution in [0.3, 0.4) is 0 Å². The van der Waals surface area contributed by atoms with Crippen LogP contribution in [0.5, 0.6) is 0 Å². The molecular weight excluding hydrogens is 387 g/mol. The first-order valence-electron chi connectivity index (χ1n) is 6.56. The third-order valence-electron chi connectivity index (χ3n) is 2.98. The van der Waals surface area contributed by atoms with Gasteiger partial charge in [-0.3, -0.25) is 9.59 Å². The zero-order valence-electron chi connectivity index (χ0n) is 11.5. The second kappa shape index (κ2) is 8.96. The largest absolute Gasteiger partial charge is 0.480 e. The number of carbonyl (C=O) groups is 2. The molecule has 0 aliphatic carbocycles. The number of rotatable bonds is 8. The number of ether oxygens (including phenoxy) is 1. The third-order valence-corrected chi connectivity index (χ3v) is 4.03. The molecule has 1 aromatic carbocycles. The first-order valence-corrected chi connectivity index (χ1v) is 7.63. The molecule has 6 nitrogen and oxygen atoms in total. The second-order valence-corrected chi connectivity index (χ2v) is 5.84. The van der Waals surface area contributed by atoms with Crippen molar-refractivity contribution >= 4 is 34.5 Å². The highest BCUT2D eigenvalue weighted by Crippen LogP contribution is 2.13. The van der Waals surface area contributed by atoms with Gasteiger partial charge < -0.3 is 21.3 Å². The van der Waals surface area contributed by atoms with E-state index in [9.17, 15) is 9.59 Å². The smallest absolute Gasteiger partial charge is 0.323 e. The van der Waals surface area contributed by atoms with Gasteiger partial charge in [-0.05, 0) is 47.9 Å². The van der Waals surface area contributed by atoms with E-state index in [2.05, 4.69) is 22.6 Å². The standard InChI is InChI=1S/C14H19IN2O4/c15-10-5-2-1-4-9(10)8-21-14(20)12(17)7-3-6-11(16)13(18)19/h1-2,4-5,11-12H,3,6-8,16-17H2,(H,18,19)/t11-,12?/m0/s1. The Labute approximate surface area is 137 Å². The molecule has 0 amide bonds. The Morgan fingerprint density at radius 2 is 1.81 bits per heavy atom. The van der Waals surface area contributed by atoms with E-state index in [1.165, 1.54) is 0 Å². The highest BCUT2D eigenvalue weighted by molar-refractivity contribution is 14.1. The van der Waals surface area contributed by atoms with Crippen LogP contribution in [0, 0.1) is 3.57 Å². The summed E-state index contributed by atoms with van der Waals surface area (Å²) in [4.78, 5) is 22.3. The van der Waals surface area contributed by atoms with E-state index < -0.39 is 24.0 Å². The second-order valence-electron chi connectivity index (χ2n) is 4.68. The van der Waals surface area contributed by atoms with Crippen molar-refractivity contribution in [3.05, 3.63) is 33.4 Å². The van der Waals surface area contributed by atoms with Gasteiger partial charge in [0.15, 0.2) is 0 Å². The number of carboxylic acid groups (broad SMARTS) is 1. The molecular formula is C14H19IN2O4. The van der Waals surface area contributed by atoms with Crippen LogP contribution in [-0.2, 0) is 20.9 Å². The fraction of sp³-hybridized carbons (Fsp3) is 0.429. The molecule has 0 aliphatic heterocycles. The monoisotopic (exact) mass is 406 g/mol. The lowest BCUT2D eigenvalue weighted by Gasteiger charge is -2.13. The number of halogens is 1. The summed E-state index contributed by atoms with van der Waals surface area (Å²) < 4.78 is 6.18. The molecule has 0 spiro atoms. The minimum absolute atomic E-state index is 0.181. The predicted molar refractivity (Wildman–Crippen MR) is 86.4 cm³/mol. The van der Waals surface area contributed by atoms with Gasteiger partial charge in [0.25, 0.3) is 0 Å². The molecule has 0 radical (unpaired) electrons. The van der Waals surface area contributed by atoms with Gasteiger partial charge in [0.05, 0.1) is 0 Å². The highest BCUT2D eigenvalue weighted by atomic mass is 127. The lowest BCUT2D eigenvalue weighted by Crippen LogP contribution is -2.34. The molecule has 1 unspecified atom stereocenters. The maximum absolute atomic E-state index is 11.7. The van der Waals surface area contributed by atoms with Gasteiger partial charge in [-0.15, -0.1) is 0 Å². The van der Waals surface area contributed by atoms with Gasteiger partial charge in [-0.1, -0.05) is 18.2 Å². The number of hydrogen-bond donors (Lipinski definition) is 3. The Balaban J connectivity index is 2.31. The van der Waals surface area contributed by atoms with Gasteiger partial charge in [-0.25, -0.2) is 0 Å². The topological polar surface area (TPSA) is 116 Å². The van der Waals surface area contributed by atoms with Crippen LogP contribution >= 0.6 is 22.6 Å². The van der Waals surface area contributed by atoms with Crippen molar-refractivity contribution in [2.75, 3.05) is 0 Å². The summed E-state index contributed by atoms with van der Waals surface area (Å²) in [5.74, 6) is -1.54. The van der Waals surface area contributed by atoms with Crippen LogP contribution in [0.15, 0.2) is 24.3 Å².